The van der Waals surface area contributed by atoms with E-state index < -0.39 is 0 Å². The summed E-state index contributed by atoms with van der Waals surface area (Å²) in [5, 5.41) is 15.7. The van der Waals surface area contributed by atoms with E-state index in [1.807, 2.05) is 26.0 Å². The molecule has 12 aromatic rings. The van der Waals surface area contributed by atoms with E-state index in [0.29, 0.717) is 23.0 Å². The van der Waals surface area contributed by atoms with E-state index in [1.54, 1.807) is 0 Å². The Labute approximate surface area is 407 Å². The van der Waals surface area contributed by atoms with Crippen molar-refractivity contribution in [1.29, 1.82) is 5.26 Å². The fraction of sp³-hybridized carbons (Fsp3) is 0.0938. The number of hydrogen-bond donors (Lipinski definition) is 0. The van der Waals surface area contributed by atoms with Crippen molar-refractivity contribution in [2.75, 3.05) is 0 Å². The fourth-order valence-electron chi connectivity index (χ4n) is 10.8. The largest absolute Gasteiger partial charge is 0.308 e. The Morgan fingerprint density at radius 1 is 0.357 bits per heavy atom. The Kier molecular flexibility index (Phi) is 10.1. The molecular formula is C64H48N6. The summed E-state index contributed by atoms with van der Waals surface area (Å²) in [5.74, 6) is 1.75. The summed E-state index contributed by atoms with van der Waals surface area (Å²) < 4.78 is 4.71. The second kappa shape index (κ2) is 16.7. The van der Waals surface area contributed by atoms with Crippen LogP contribution in [-0.4, -0.2) is 24.1 Å². The molecule has 6 nitrogen and oxygen atoms in total. The predicted molar refractivity (Wildman–Crippen MR) is 289 cm³/mol. The normalized spacial score (nSPS) is 11.6. The first kappa shape index (κ1) is 42.4. The van der Waals surface area contributed by atoms with Gasteiger partial charge in [0.25, 0.3) is 0 Å². The van der Waals surface area contributed by atoms with Crippen LogP contribution in [0.25, 0.3) is 111 Å². The Balaban J connectivity index is 1.27. The van der Waals surface area contributed by atoms with Crippen molar-refractivity contribution < 1.29 is 0 Å². The van der Waals surface area contributed by atoms with Crippen molar-refractivity contribution >= 4 is 43.6 Å². The average Bonchev–Trinajstić information content (AvgIpc) is 3.87. The molecule has 0 spiro atoms. The second-order valence-corrected chi connectivity index (χ2v) is 18.6. The molecule has 0 aliphatic heterocycles. The molecule has 0 saturated carbocycles. The van der Waals surface area contributed by atoms with E-state index in [1.165, 1.54) is 22.3 Å². The van der Waals surface area contributed by atoms with Gasteiger partial charge in [0.15, 0.2) is 5.82 Å². The Hall–Kier alpha value is -8.92. The predicted octanol–water partition coefficient (Wildman–Crippen LogP) is 16.1. The summed E-state index contributed by atoms with van der Waals surface area (Å²) in [6.45, 7) is 12.5. The van der Waals surface area contributed by atoms with Crippen LogP contribution >= 0.6 is 0 Å². The van der Waals surface area contributed by atoms with Crippen molar-refractivity contribution in [3.63, 3.8) is 0 Å². The van der Waals surface area contributed by atoms with Gasteiger partial charge < -0.3 is 9.13 Å². The number of hydrogen-bond acceptors (Lipinski definition) is 4. The molecule has 70 heavy (non-hydrogen) atoms. The molecule has 6 heteroatoms. The van der Waals surface area contributed by atoms with Crippen LogP contribution in [0.15, 0.2) is 182 Å². The molecule has 334 valence electrons. The molecule has 0 radical (unpaired) electrons. The van der Waals surface area contributed by atoms with Crippen LogP contribution in [0, 0.1) is 52.9 Å². The van der Waals surface area contributed by atoms with Gasteiger partial charge >= 0.3 is 0 Å². The Morgan fingerprint density at radius 2 is 0.657 bits per heavy atom. The first-order valence-electron chi connectivity index (χ1n) is 23.8. The highest BCUT2D eigenvalue weighted by atomic mass is 15.1. The quantitative estimate of drug-likeness (QED) is 0.160. The van der Waals surface area contributed by atoms with Crippen LogP contribution in [0.4, 0.5) is 0 Å². The second-order valence-electron chi connectivity index (χ2n) is 18.6. The minimum Gasteiger partial charge on any atom is -0.308 e. The molecule has 0 amide bonds. The maximum absolute atomic E-state index is 11.3. The smallest absolute Gasteiger partial charge is 0.167 e. The number of aryl methyl sites for hydroxylation is 6. The molecule has 0 aliphatic rings. The molecular weight excluding hydrogens is 853 g/mol. The topological polar surface area (TPSA) is 72.3 Å². The van der Waals surface area contributed by atoms with Crippen LogP contribution < -0.4 is 0 Å². The van der Waals surface area contributed by atoms with Gasteiger partial charge in [-0.1, -0.05) is 146 Å². The highest BCUT2D eigenvalue weighted by molar-refractivity contribution is 6.14. The van der Waals surface area contributed by atoms with E-state index in [2.05, 4.69) is 213 Å². The van der Waals surface area contributed by atoms with Crippen LogP contribution in [-0.2, 0) is 0 Å². The fourth-order valence-corrected chi connectivity index (χ4v) is 10.8. The van der Waals surface area contributed by atoms with Crippen molar-refractivity contribution in [2.24, 2.45) is 0 Å². The van der Waals surface area contributed by atoms with Crippen LogP contribution in [0.5, 0.6) is 0 Å². The number of nitriles is 1. The molecule has 9 aromatic carbocycles. The van der Waals surface area contributed by atoms with Gasteiger partial charge in [-0.15, -0.1) is 0 Å². The first-order valence-corrected chi connectivity index (χ1v) is 23.8. The van der Waals surface area contributed by atoms with Gasteiger partial charge in [-0.2, -0.15) is 5.26 Å². The lowest BCUT2D eigenvalue weighted by Crippen LogP contribution is -2.08. The summed E-state index contributed by atoms with van der Waals surface area (Å²) in [5.41, 5.74) is 20.8. The van der Waals surface area contributed by atoms with Crippen molar-refractivity contribution in [1.82, 2.24) is 24.1 Å². The number of nitrogens with zero attached hydrogens (tertiary/aromatic N) is 6. The number of rotatable bonds is 7. The van der Waals surface area contributed by atoms with Gasteiger partial charge in [0, 0.05) is 21.5 Å². The third kappa shape index (κ3) is 6.97. The summed E-state index contributed by atoms with van der Waals surface area (Å²) in [6, 6.07) is 68.0. The van der Waals surface area contributed by atoms with Crippen molar-refractivity contribution in [3.05, 3.63) is 221 Å². The zero-order valence-electron chi connectivity index (χ0n) is 40.0. The molecule has 3 aromatic heterocycles. The van der Waals surface area contributed by atoms with Crippen LogP contribution in [0.2, 0.25) is 0 Å². The lowest BCUT2D eigenvalue weighted by atomic mass is 9.98. The Morgan fingerprint density at radius 3 is 0.943 bits per heavy atom. The Bertz CT molecular complexity index is 3700. The summed E-state index contributed by atoms with van der Waals surface area (Å²) in [4.78, 5) is 15.1. The highest BCUT2D eigenvalue weighted by Gasteiger charge is 2.26. The standard InChI is InChI=1S/C64H48N6/c1-38-15-7-11-19-49(38)45-23-27-53-54-28-24-46(50-20-12-8-16-39(50)2)34-58(54)69(57(53)33-45)61-31-44(37-65)32-62(63(61)64-67-42(5)66-43(6)68-64)70-59-35-47(51-21-13-9-17-40(51)3)25-29-55(59)56-30-26-48(36-60(56)70)52-22-14-10-18-41(52)4/h7-36H,1-6H3. The van der Waals surface area contributed by atoms with Crippen LogP contribution in [0.3, 0.4) is 0 Å². The zero-order valence-corrected chi connectivity index (χ0v) is 40.0. The summed E-state index contributed by atoms with van der Waals surface area (Å²) >= 11 is 0. The molecule has 0 bridgehead atoms. The van der Waals surface area contributed by atoms with Gasteiger partial charge in [0.05, 0.1) is 50.6 Å². The molecule has 0 saturated heterocycles. The van der Waals surface area contributed by atoms with E-state index in [-0.39, 0.29) is 0 Å². The lowest BCUT2D eigenvalue weighted by molar-refractivity contribution is 0.924. The highest BCUT2D eigenvalue weighted by Crippen LogP contribution is 2.45. The maximum atomic E-state index is 11.3. The molecule has 0 fully saturated rings. The monoisotopic (exact) mass is 900 g/mol. The van der Waals surface area contributed by atoms with Gasteiger partial charge in [0.2, 0.25) is 0 Å². The first-order chi connectivity index (χ1) is 34.1. The number of aromatic nitrogens is 5. The molecule has 0 unspecified atom stereocenters. The van der Waals surface area contributed by atoms with Gasteiger partial charge in [-0.3, -0.25) is 0 Å². The van der Waals surface area contributed by atoms with E-state index in [9.17, 15) is 5.26 Å². The minimum absolute atomic E-state index is 0.511. The average molecular weight is 901 g/mol. The van der Waals surface area contributed by atoms with E-state index >= 15 is 0 Å². The molecule has 0 N–H and O–H groups in total. The van der Waals surface area contributed by atoms with E-state index in [0.717, 1.165) is 105 Å². The van der Waals surface area contributed by atoms with Crippen molar-refractivity contribution in [2.45, 2.75) is 41.5 Å². The maximum Gasteiger partial charge on any atom is 0.167 e. The number of fused-ring (bicyclic) bond motifs is 6. The summed E-state index contributed by atoms with van der Waals surface area (Å²) in [6.07, 6.45) is 0. The van der Waals surface area contributed by atoms with Gasteiger partial charge in [-0.05, 0) is 145 Å². The van der Waals surface area contributed by atoms with E-state index in [4.69, 9.17) is 15.0 Å². The SMILES string of the molecule is Cc1nc(C)nc(-c2c(-n3c4cc(-c5ccccc5C)ccc4c4ccc(-c5ccccc5C)cc43)cc(C#N)cc2-n2c3cc(-c4ccccc4C)ccc3c3ccc(-c4ccccc4C)cc32)n1. The minimum atomic E-state index is 0.511. The third-order valence-corrected chi connectivity index (χ3v) is 14.1. The molecule has 0 aliphatic carbocycles. The summed E-state index contributed by atoms with van der Waals surface area (Å²) in [7, 11) is 0. The van der Waals surface area contributed by atoms with Gasteiger partial charge in [-0.25, -0.2) is 15.0 Å². The molecule has 0 atom stereocenters. The number of benzene rings is 9. The van der Waals surface area contributed by atoms with Crippen LogP contribution in [0.1, 0.15) is 39.5 Å². The zero-order chi connectivity index (χ0) is 47.8. The lowest BCUT2D eigenvalue weighted by Gasteiger charge is -2.21. The van der Waals surface area contributed by atoms with Gasteiger partial charge in [0.1, 0.15) is 11.6 Å². The molecule has 3 heterocycles. The molecule has 12 rings (SSSR count). The van der Waals surface area contributed by atoms with Crippen molar-refractivity contribution in [3.8, 4) is 73.3 Å². The third-order valence-electron chi connectivity index (χ3n) is 14.1.